The van der Waals surface area contributed by atoms with Crippen molar-refractivity contribution < 1.29 is 8.78 Å². The molecule has 0 amide bonds. The second kappa shape index (κ2) is 8.95. The Hall–Kier alpha value is -0.140. The molecule has 0 bridgehead atoms. The van der Waals surface area contributed by atoms with E-state index in [1.165, 1.54) is 0 Å². The minimum atomic E-state index is -2.14. The van der Waals surface area contributed by atoms with E-state index in [2.05, 4.69) is 0 Å². The van der Waals surface area contributed by atoms with Crippen molar-refractivity contribution in [3.05, 3.63) is 0 Å². The van der Waals surface area contributed by atoms with E-state index in [1.807, 2.05) is 34.6 Å². The minimum Gasteiger partial charge on any atom is -0.210 e. The molecule has 0 saturated carbocycles. The maximum Gasteiger partial charge on any atom is 0.241 e. The van der Waals surface area contributed by atoms with Crippen LogP contribution in [0, 0.1) is 11.8 Å². The van der Waals surface area contributed by atoms with E-state index in [0.717, 1.165) is 6.42 Å². The minimum absolute atomic E-state index is 0.157. The average molecular weight is 180 g/mol. The molecule has 0 aliphatic heterocycles. The van der Waals surface area contributed by atoms with Gasteiger partial charge in [-0.3, -0.25) is 0 Å². The van der Waals surface area contributed by atoms with Crippen LogP contribution in [-0.2, 0) is 0 Å². The number of hydrogen-bond acceptors (Lipinski definition) is 0. The molecule has 2 unspecified atom stereocenters. The highest BCUT2D eigenvalue weighted by Crippen LogP contribution is 2.24. The standard InChI is InChI=1S/C8H16F2.C2H6/c1-4-6(3)7(5-2)8(9)10;1-2/h6-8H,4-5H2,1-3H3;1-2H3. The lowest BCUT2D eigenvalue weighted by Crippen LogP contribution is -2.18. The van der Waals surface area contributed by atoms with E-state index in [1.54, 1.807) is 0 Å². The van der Waals surface area contributed by atoms with Gasteiger partial charge in [0.1, 0.15) is 0 Å². The van der Waals surface area contributed by atoms with E-state index in [9.17, 15) is 8.78 Å². The molecule has 0 aliphatic rings. The molecule has 76 valence electrons. The zero-order valence-corrected chi connectivity index (χ0v) is 8.90. The van der Waals surface area contributed by atoms with Crippen LogP contribution >= 0.6 is 0 Å². The molecule has 2 atom stereocenters. The molecule has 0 rings (SSSR count). The van der Waals surface area contributed by atoms with Crippen molar-refractivity contribution in [2.75, 3.05) is 0 Å². The molecule has 0 nitrogen and oxygen atoms in total. The van der Waals surface area contributed by atoms with Crippen LogP contribution in [0.2, 0.25) is 0 Å². The first-order valence-corrected chi connectivity index (χ1v) is 4.91. The maximum atomic E-state index is 12.1. The third kappa shape index (κ3) is 5.50. The lowest BCUT2D eigenvalue weighted by molar-refractivity contribution is 0.0444. The van der Waals surface area contributed by atoms with Crippen LogP contribution in [0.3, 0.4) is 0 Å². The average Bonchev–Trinajstić information content (AvgIpc) is 2.08. The maximum absolute atomic E-state index is 12.1. The van der Waals surface area contributed by atoms with Gasteiger partial charge in [0.05, 0.1) is 0 Å². The Morgan fingerprint density at radius 1 is 1.00 bits per heavy atom. The van der Waals surface area contributed by atoms with E-state index < -0.39 is 12.3 Å². The Kier molecular flexibility index (Phi) is 10.7. The van der Waals surface area contributed by atoms with Crippen LogP contribution in [-0.4, -0.2) is 6.43 Å². The Morgan fingerprint density at radius 2 is 1.42 bits per heavy atom. The highest BCUT2D eigenvalue weighted by atomic mass is 19.3. The monoisotopic (exact) mass is 180 g/mol. The SMILES string of the molecule is CC.CCC(C)C(CC)C(F)F. The van der Waals surface area contributed by atoms with Crippen LogP contribution in [0.4, 0.5) is 8.78 Å². The first-order chi connectivity index (χ1) is 5.63. The summed E-state index contributed by atoms with van der Waals surface area (Å²) < 4.78 is 24.3. The van der Waals surface area contributed by atoms with Crippen LogP contribution in [0.25, 0.3) is 0 Å². The highest BCUT2D eigenvalue weighted by Gasteiger charge is 2.22. The summed E-state index contributed by atoms with van der Waals surface area (Å²) in [5.74, 6) is -0.241. The van der Waals surface area contributed by atoms with Crippen molar-refractivity contribution in [2.24, 2.45) is 11.8 Å². The van der Waals surface area contributed by atoms with Gasteiger partial charge >= 0.3 is 0 Å². The Morgan fingerprint density at radius 3 is 1.50 bits per heavy atom. The van der Waals surface area contributed by atoms with Crippen LogP contribution in [0.5, 0.6) is 0 Å². The van der Waals surface area contributed by atoms with Gasteiger partial charge in [0.25, 0.3) is 0 Å². The van der Waals surface area contributed by atoms with Crippen molar-refractivity contribution in [2.45, 2.75) is 53.9 Å². The van der Waals surface area contributed by atoms with Gasteiger partial charge in [0, 0.05) is 5.92 Å². The van der Waals surface area contributed by atoms with Gasteiger partial charge in [0.15, 0.2) is 0 Å². The molecule has 0 saturated heterocycles. The number of alkyl halides is 2. The van der Waals surface area contributed by atoms with Crippen molar-refractivity contribution in [3.8, 4) is 0 Å². The normalized spacial score (nSPS) is 15.0. The fourth-order valence-electron chi connectivity index (χ4n) is 1.13. The lowest BCUT2D eigenvalue weighted by atomic mass is 9.90. The summed E-state index contributed by atoms with van der Waals surface area (Å²) in [6.45, 7) is 9.67. The molecule has 0 aromatic rings. The molecule has 0 N–H and O–H groups in total. The predicted octanol–water partition coefficient (Wildman–Crippen LogP) is 4.35. The summed E-state index contributed by atoms with van der Waals surface area (Å²) in [6, 6.07) is 0. The highest BCUT2D eigenvalue weighted by molar-refractivity contribution is 4.65. The molecular weight excluding hydrogens is 158 g/mol. The van der Waals surface area contributed by atoms with E-state index in [4.69, 9.17) is 0 Å². The number of halogens is 2. The third-order valence-corrected chi connectivity index (χ3v) is 2.17. The molecular formula is C10H22F2. The first-order valence-electron chi connectivity index (χ1n) is 4.91. The summed E-state index contributed by atoms with van der Waals surface area (Å²) in [5.41, 5.74) is 0. The zero-order chi connectivity index (χ0) is 10.1. The molecule has 0 aliphatic carbocycles. The lowest BCUT2D eigenvalue weighted by Gasteiger charge is -2.19. The summed E-state index contributed by atoms with van der Waals surface area (Å²) in [6.07, 6.45) is -0.699. The fourth-order valence-corrected chi connectivity index (χ4v) is 1.13. The van der Waals surface area contributed by atoms with Gasteiger partial charge in [-0.1, -0.05) is 41.0 Å². The Labute approximate surface area is 75.4 Å². The molecule has 2 heteroatoms. The molecule has 0 heterocycles. The van der Waals surface area contributed by atoms with Gasteiger partial charge < -0.3 is 0 Å². The van der Waals surface area contributed by atoms with Crippen LogP contribution in [0.15, 0.2) is 0 Å². The predicted molar refractivity (Wildman–Crippen MR) is 50.6 cm³/mol. The van der Waals surface area contributed by atoms with Crippen molar-refractivity contribution in [1.82, 2.24) is 0 Å². The van der Waals surface area contributed by atoms with Crippen molar-refractivity contribution >= 4 is 0 Å². The topological polar surface area (TPSA) is 0 Å². The quantitative estimate of drug-likeness (QED) is 0.603. The Bertz CT molecular complexity index is 81.9. The van der Waals surface area contributed by atoms with Crippen molar-refractivity contribution in [1.29, 1.82) is 0 Å². The molecule has 0 aromatic heterocycles. The van der Waals surface area contributed by atoms with Gasteiger partial charge in [-0.05, 0) is 12.3 Å². The summed E-state index contributed by atoms with van der Waals surface area (Å²) in [7, 11) is 0. The summed E-state index contributed by atoms with van der Waals surface area (Å²) in [4.78, 5) is 0. The molecule has 0 aromatic carbocycles. The van der Waals surface area contributed by atoms with Crippen LogP contribution in [0.1, 0.15) is 47.5 Å². The fraction of sp³-hybridized carbons (Fsp3) is 1.00. The van der Waals surface area contributed by atoms with E-state index >= 15 is 0 Å². The molecule has 0 spiro atoms. The Balaban J connectivity index is 0. The van der Waals surface area contributed by atoms with Gasteiger partial charge in [-0.2, -0.15) is 0 Å². The smallest absolute Gasteiger partial charge is 0.210 e. The van der Waals surface area contributed by atoms with E-state index in [0.29, 0.717) is 6.42 Å². The molecule has 0 fully saturated rings. The summed E-state index contributed by atoms with van der Waals surface area (Å²) in [5, 5.41) is 0. The van der Waals surface area contributed by atoms with Crippen LogP contribution < -0.4 is 0 Å². The molecule has 12 heavy (non-hydrogen) atoms. The van der Waals surface area contributed by atoms with Gasteiger partial charge in [-0.15, -0.1) is 0 Å². The first kappa shape index (κ1) is 14.4. The second-order valence-electron chi connectivity index (χ2n) is 2.79. The number of rotatable bonds is 4. The van der Waals surface area contributed by atoms with E-state index in [-0.39, 0.29) is 5.92 Å². The molecule has 0 radical (unpaired) electrons. The van der Waals surface area contributed by atoms with Gasteiger partial charge in [0.2, 0.25) is 6.43 Å². The second-order valence-corrected chi connectivity index (χ2v) is 2.79. The zero-order valence-electron chi connectivity index (χ0n) is 8.90. The number of hydrogen-bond donors (Lipinski definition) is 0. The largest absolute Gasteiger partial charge is 0.241 e. The van der Waals surface area contributed by atoms with Gasteiger partial charge in [-0.25, -0.2) is 8.78 Å². The van der Waals surface area contributed by atoms with Crippen molar-refractivity contribution in [3.63, 3.8) is 0 Å². The third-order valence-electron chi connectivity index (χ3n) is 2.17. The summed E-state index contributed by atoms with van der Waals surface area (Å²) >= 11 is 0.